The molecule has 1 aliphatic rings. The number of fused-ring (bicyclic) bond motifs is 1. The first kappa shape index (κ1) is 14.0. The van der Waals surface area contributed by atoms with Crippen LogP contribution in [0.5, 0.6) is 11.5 Å². The normalized spacial score (nSPS) is 21.4. The van der Waals surface area contributed by atoms with Gasteiger partial charge >= 0.3 is 0 Å². The maximum Gasteiger partial charge on any atom is 0.131 e. The first-order chi connectivity index (χ1) is 8.75. The quantitative estimate of drug-likeness (QED) is 0.846. The van der Waals surface area contributed by atoms with E-state index in [1.165, 1.54) is 0 Å². The highest BCUT2D eigenvalue weighted by atomic mass is 16.5. The van der Waals surface area contributed by atoms with Gasteiger partial charge in [0.2, 0.25) is 0 Å². The summed E-state index contributed by atoms with van der Waals surface area (Å²) in [6.45, 7) is 12.4. The van der Waals surface area contributed by atoms with E-state index < -0.39 is 0 Å². The molecule has 2 nitrogen and oxygen atoms in total. The van der Waals surface area contributed by atoms with Gasteiger partial charge in [0.05, 0.1) is 0 Å². The Morgan fingerprint density at radius 1 is 1.16 bits per heavy atom. The van der Waals surface area contributed by atoms with Crippen LogP contribution in [-0.4, -0.2) is 10.7 Å². The molecule has 1 aromatic carbocycles. The SMILES string of the molecule is Cc1c(C)c2c(c(C)c1O)C=CC(C)(CC(C)C)O2. The Hall–Kier alpha value is -1.44. The Morgan fingerprint density at radius 2 is 1.79 bits per heavy atom. The number of phenolic OH excluding ortho intramolecular Hbond substituents is 1. The Labute approximate surface area is 116 Å². The topological polar surface area (TPSA) is 29.5 Å². The van der Waals surface area contributed by atoms with Gasteiger partial charge in [0.25, 0.3) is 0 Å². The van der Waals surface area contributed by atoms with Gasteiger partial charge in [-0.1, -0.05) is 19.9 Å². The van der Waals surface area contributed by atoms with Crippen LogP contribution in [-0.2, 0) is 0 Å². The van der Waals surface area contributed by atoms with E-state index in [9.17, 15) is 5.11 Å². The molecular weight excluding hydrogens is 236 g/mol. The molecule has 1 unspecified atom stereocenters. The zero-order valence-corrected chi connectivity index (χ0v) is 12.8. The maximum absolute atomic E-state index is 10.1. The lowest BCUT2D eigenvalue weighted by atomic mass is 9.88. The lowest BCUT2D eigenvalue weighted by Crippen LogP contribution is -2.34. The zero-order valence-electron chi connectivity index (χ0n) is 12.8. The molecule has 0 spiro atoms. The van der Waals surface area contributed by atoms with E-state index in [2.05, 4.69) is 32.9 Å². The van der Waals surface area contributed by atoms with Gasteiger partial charge in [0, 0.05) is 11.1 Å². The summed E-state index contributed by atoms with van der Waals surface area (Å²) in [6.07, 6.45) is 5.21. The van der Waals surface area contributed by atoms with Crippen molar-refractivity contribution in [2.45, 2.75) is 53.6 Å². The van der Waals surface area contributed by atoms with E-state index in [-0.39, 0.29) is 5.60 Å². The third kappa shape index (κ3) is 2.36. The van der Waals surface area contributed by atoms with Crippen LogP contribution >= 0.6 is 0 Å². The van der Waals surface area contributed by atoms with Gasteiger partial charge in [-0.3, -0.25) is 0 Å². The predicted octanol–water partition coefficient (Wildman–Crippen LogP) is 4.53. The average Bonchev–Trinajstić information content (AvgIpc) is 2.32. The van der Waals surface area contributed by atoms with Gasteiger partial charge in [-0.05, 0) is 57.2 Å². The second-order valence-electron chi connectivity index (χ2n) is 6.31. The van der Waals surface area contributed by atoms with Crippen molar-refractivity contribution in [3.05, 3.63) is 28.3 Å². The monoisotopic (exact) mass is 260 g/mol. The molecule has 0 aromatic heterocycles. The van der Waals surface area contributed by atoms with Gasteiger partial charge < -0.3 is 9.84 Å². The molecule has 1 aromatic rings. The fourth-order valence-corrected chi connectivity index (χ4v) is 2.91. The fourth-order valence-electron chi connectivity index (χ4n) is 2.91. The van der Waals surface area contributed by atoms with Gasteiger partial charge in [0.1, 0.15) is 17.1 Å². The van der Waals surface area contributed by atoms with Crippen LogP contribution < -0.4 is 4.74 Å². The molecule has 0 fully saturated rings. The molecule has 1 heterocycles. The summed E-state index contributed by atoms with van der Waals surface area (Å²) >= 11 is 0. The van der Waals surface area contributed by atoms with Crippen molar-refractivity contribution in [2.75, 3.05) is 0 Å². The second kappa shape index (κ2) is 4.59. The van der Waals surface area contributed by atoms with Gasteiger partial charge in [-0.25, -0.2) is 0 Å². The van der Waals surface area contributed by atoms with Crippen LogP contribution in [0.25, 0.3) is 6.08 Å². The molecule has 0 saturated carbocycles. The number of ether oxygens (including phenoxy) is 1. The third-order valence-electron chi connectivity index (χ3n) is 4.01. The van der Waals surface area contributed by atoms with Crippen LogP contribution in [0, 0.1) is 26.7 Å². The first-order valence-electron chi connectivity index (χ1n) is 6.96. The molecule has 0 aliphatic carbocycles. The van der Waals surface area contributed by atoms with E-state index in [0.717, 1.165) is 34.4 Å². The third-order valence-corrected chi connectivity index (χ3v) is 4.01. The molecule has 0 saturated heterocycles. The summed E-state index contributed by atoms with van der Waals surface area (Å²) in [5.41, 5.74) is 3.63. The minimum atomic E-state index is -0.248. The zero-order chi connectivity index (χ0) is 14.4. The first-order valence-corrected chi connectivity index (χ1v) is 6.96. The van der Waals surface area contributed by atoms with E-state index in [0.29, 0.717) is 11.7 Å². The highest BCUT2D eigenvalue weighted by Gasteiger charge is 2.31. The van der Waals surface area contributed by atoms with Crippen LogP contribution in [0.3, 0.4) is 0 Å². The molecule has 1 aliphatic heterocycles. The number of hydrogen-bond acceptors (Lipinski definition) is 2. The summed E-state index contributed by atoms with van der Waals surface area (Å²) in [5, 5.41) is 10.1. The van der Waals surface area contributed by atoms with Gasteiger partial charge in [0.15, 0.2) is 0 Å². The molecule has 2 rings (SSSR count). The predicted molar refractivity (Wildman–Crippen MR) is 79.8 cm³/mol. The summed E-state index contributed by atoms with van der Waals surface area (Å²) in [7, 11) is 0. The second-order valence-corrected chi connectivity index (χ2v) is 6.31. The average molecular weight is 260 g/mol. The van der Waals surface area contributed by atoms with E-state index >= 15 is 0 Å². The molecule has 0 radical (unpaired) electrons. The minimum Gasteiger partial charge on any atom is -0.507 e. The molecule has 1 atom stereocenters. The van der Waals surface area contributed by atoms with Crippen LogP contribution in [0.15, 0.2) is 6.08 Å². The van der Waals surface area contributed by atoms with E-state index in [1.807, 2.05) is 20.8 Å². The summed E-state index contributed by atoms with van der Waals surface area (Å²) in [6, 6.07) is 0. The smallest absolute Gasteiger partial charge is 0.131 e. The van der Waals surface area contributed by atoms with E-state index in [4.69, 9.17) is 4.74 Å². The van der Waals surface area contributed by atoms with Crippen LogP contribution in [0.1, 0.15) is 49.4 Å². The van der Waals surface area contributed by atoms with Crippen molar-refractivity contribution in [3.63, 3.8) is 0 Å². The van der Waals surface area contributed by atoms with Crippen molar-refractivity contribution >= 4 is 6.08 Å². The Morgan fingerprint density at radius 3 is 2.37 bits per heavy atom. The van der Waals surface area contributed by atoms with Crippen molar-refractivity contribution in [3.8, 4) is 11.5 Å². The molecule has 2 heteroatoms. The van der Waals surface area contributed by atoms with Crippen molar-refractivity contribution < 1.29 is 9.84 Å². The number of phenols is 1. The molecule has 0 bridgehead atoms. The highest BCUT2D eigenvalue weighted by molar-refractivity contribution is 5.71. The molecule has 104 valence electrons. The Kier molecular flexibility index (Phi) is 3.38. The lowest BCUT2D eigenvalue weighted by molar-refractivity contribution is 0.111. The van der Waals surface area contributed by atoms with Crippen LogP contribution in [0.2, 0.25) is 0 Å². The fraction of sp³-hybridized carbons (Fsp3) is 0.529. The minimum absolute atomic E-state index is 0.248. The number of aromatic hydroxyl groups is 1. The number of hydrogen-bond donors (Lipinski definition) is 1. The summed E-state index contributed by atoms with van der Waals surface area (Å²) in [4.78, 5) is 0. The standard InChI is InChI=1S/C17H24O2/c1-10(2)9-17(6)8-7-14-13(5)15(18)11(3)12(4)16(14)19-17/h7-8,10,18H,9H2,1-6H3. The molecular formula is C17H24O2. The maximum atomic E-state index is 10.1. The molecule has 19 heavy (non-hydrogen) atoms. The summed E-state index contributed by atoms with van der Waals surface area (Å²) < 4.78 is 6.28. The number of rotatable bonds is 2. The lowest BCUT2D eigenvalue weighted by Gasteiger charge is -2.35. The molecule has 0 amide bonds. The molecule has 1 N–H and O–H groups in total. The van der Waals surface area contributed by atoms with Crippen molar-refractivity contribution in [1.29, 1.82) is 0 Å². The summed E-state index contributed by atoms with van der Waals surface area (Å²) in [5.74, 6) is 1.89. The number of benzene rings is 1. The Bertz CT molecular complexity index is 541. The van der Waals surface area contributed by atoms with Crippen molar-refractivity contribution in [2.24, 2.45) is 5.92 Å². The van der Waals surface area contributed by atoms with Gasteiger partial charge in [-0.15, -0.1) is 0 Å². The van der Waals surface area contributed by atoms with E-state index in [1.54, 1.807) is 0 Å². The van der Waals surface area contributed by atoms with Crippen LogP contribution in [0.4, 0.5) is 0 Å². The largest absolute Gasteiger partial charge is 0.507 e. The Balaban J connectivity index is 2.53. The van der Waals surface area contributed by atoms with Crippen molar-refractivity contribution in [1.82, 2.24) is 0 Å². The highest BCUT2D eigenvalue weighted by Crippen LogP contribution is 2.43. The van der Waals surface area contributed by atoms with Gasteiger partial charge in [-0.2, -0.15) is 0 Å².